The molecule has 2 rings (SSSR count). The molecule has 0 spiro atoms. The Kier molecular flexibility index (Phi) is 4.13. The Balaban J connectivity index is 2.26. The lowest BCUT2D eigenvalue weighted by Gasteiger charge is -2.20. The molecule has 0 unspecified atom stereocenters. The summed E-state index contributed by atoms with van der Waals surface area (Å²) in [7, 11) is 0. The van der Waals surface area contributed by atoms with Crippen molar-refractivity contribution in [2.75, 3.05) is 0 Å². The van der Waals surface area contributed by atoms with E-state index < -0.39 is 0 Å². The van der Waals surface area contributed by atoms with Crippen LogP contribution < -0.4 is 5.32 Å². The Hall–Kier alpha value is -1.10. The molecule has 0 atom stereocenters. The van der Waals surface area contributed by atoms with Crippen LogP contribution in [0.1, 0.15) is 26.5 Å². The fourth-order valence-corrected chi connectivity index (χ4v) is 1.86. The van der Waals surface area contributed by atoms with E-state index >= 15 is 0 Å². The van der Waals surface area contributed by atoms with Crippen LogP contribution in [0.4, 0.5) is 0 Å². The summed E-state index contributed by atoms with van der Waals surface area (Å²) >= 11 is 11.9. The van der Waals surface area contributed by atoms with Gasteiger partial charge >= 0.3 is 0 Å². The van der Waals surface area contributed by atoms with Gasteiger partial charge < -0.3 is 5.32 Å². The van der Waals surface area contributed by atoms with E-state index in [4.69, 9.17) is 23.2 Å². The lowest BCUT2D eigenvalue weighted by Crippen LogP contribution is -2.35. The van der Waals surface area contributed by atoms with Crippen LogP contribution in [0.15, 0.2) is 24.4 Å². The fraction of sp³-hybridized carbons (Fsp3) is 0.385. The number of nitrogens with one attached hydrogen (secondary N) is 1. The van der Waals surface area contributed by atoms with Crippen LogP contribution in [0.3, 0.4) is 0 Å². The zero-order chi connectivity index (χ0) is 14.0. The summed E-state index contributed by atoms with van der Waals surface area (Å²) in [6, 6.07) is 5.39. The topological polar surface area (TPSA) is 42.7 Å². The SMILES string of the molecule is CC(C)(C)NCc1cnnn1-c1ccc(Cl)c(Cl)c1. The van der Waals surface area contributed by atoms with E-state index in [1.807, 2.05) is 6.07 Å². The van der Waals surface area contributed by atoms with E-state index in [0.29, 0.717) is 16.6 Å². The van der Waals surface area contributed by atoms with Crippen molar-refractivity contribution in [2.24, 2.45) is 0 Å². The maximum atomic E-state index is 6.02. The van der Waals surface area contributed by atoms with Gasteiger partial charge in [-0.25, -0.2) is 4.68 Å². The predicted octanol–water partition coefficient (Wildman–Crippen LogP) is 3.46. The minimum absolute atomic E-state index is 0.0345. The van der Waals surface area contributed by atoms with E-state index in [1.165, 1.54) is 0 Å². The van der Waals surface area contributed by atoms with Crippen molar-refractivity contribution in [3.8, 4) is 5.69 Å². The van der Waals surface area contributed by atoms with E-state index in [-0.39, 0.29) is 5.54 Å². The molecule has 0 aliphatic carbocycles. The molecule has 0 radical (unpaired) electrons. The van der Waals surface area contributed by atoms with Gasteiger partial charge in [-0.3, -0.25) is 0 Å². The van der Waals surface area contributed by atoms with Crippen molar-refractivity contribution in [2.45, 2.75) is 32.9 Å². The molecule has 1 heterocycles. The molecule has 1 N–H and O–H groups in total. The highest BCUT2D eigenvalue weighted by Gasteiger charge is 2.12. The molecule has 2 aromatic rings. The lowest BCUT2D eigenvalue weighted by atomic mass is 10.1. The van der Waals surface area contributed by atoms with Crippen LogP contribution in [-0.2, 0) is 6.54 Å². The highest BCUT2D eigenvalue weighted by molar-refractivity contribution is 6.42. The summed E-state index contributed by atoms with van der Waals surface area (Å²) in [4.78, 5) is 0. The van der Waals surface area contributed by atoms with Crippen molar-refractivity contribution < 1.29 is 0 Å². The van der Waals surface area contributed by atoms with Crippen molar-refractivity contribution in [3.63, 3.8) is 0 Å². The maximum Gasteiger partial charge on any atom is 0.0783 e. The first-order valence-electron chi connectivity index (χ1n) is 5.97. The van der Waals surface area contributed by atoms with Gasteiger partial charge in [0.1, 0.15) is 0 Å². The van der Waals surface area contributed by atoms with Gasteiger partial charge in [-0.1, -0.05) is 28.4 Å². The number of rotatable bonds is 3. The summed E-state index contributed by atoms with van der Waals surface area (Å²) in [5.74, 6) is 0. The van der Waals surface area contributed by atoms with Crippen LogP contribution in [0, 0.1) is 0 Å². The van der Waals surface area contributed by atoms with E-state index in [1.54, 1.807) is 23.0 Å². The highest BCUT2D eigenvalue weighted by Crippen LogP contribution is 2.24. The third-order valence-electron chi connectivity index (χ3n) is 2.57. The average molecular weight is 299 g/mol. The summed E-state index contributed by atoms with van der Waals surface area (Å²) in [5.41, 5.74) is 1.85. The average Bonchev–Trinajstić information content (AvgIpc) is 2.77. The lowest BCUT2D eigenvalue weighted by molar-refractivity contribution is 0.418. The van der Waals surface area contributed by atoms with E-state index in [2.05, 4.69) is 36.4 Å². The first-order valence-corrected chi connectivity index (χ1v) is 6.72. The molecule has 0 fully saturated rings. The quantitative estimate of drug-likeness (QED) is 0.943. The molecule has 4 nitrogen and oxygen atoms in total. The molecule has 0 saturated heterocycles. The van der Waals surface area contributed by atoms with Gasteiger partial charge in [-0.15, -0.1) is 5.10 Å². The second-order valence-corrected chi connectivity index (χ2v) is 6.15. The van der Waals surface area contributed by atoms with Gasteiger partial charge in [0.25, 0.3) is 0 Å². The molecule has 0 amide bonds. The smallest absolute Gasteiger partial charge is 0.0783 e. The fourth-order valence-electron chi connectivity index (χ4n) is 1.57. The molecule has 0 aliphatic rings. The van der Waals surface area contributed by atoms with Crippen molar-refractivity contribution in [1.82, 2.24) is 20.3 Å². The Morgan fingerprint density at radius 2 is 1.95 bits per heavy atom. The first-order chi connectivity index (χ1) is 8.87. The number of hydrogen-bond donors (Lipinski definition) is 1. The standard InChI is InChI=1S/C13H16Cl2N4/c1-13(2,3)16-7-10-8-17-18-19(10)9-4-5-11(14)12(15)6-9/h4-6,8,16H,7H2,1-3H3. The Bertz CT molecular complexity index is 572. The third kappa shape index (κ3) is 3.69. The van der Waals surface area contributed by atoms with Crippen LogP contribution in [0.5, 0.6) is 0 Å². The van der Waals surface area contributed by atoms with Crippen LogP contribution in [0.2, 0.25) is 10.0 Å². The summed E-state index contributed by atoms with van der Waals surface area (Å²) in [6.45, 7) is 7.01. The van der Waals surface area contributed by atoms with Crippen molar-refractivity contribution in [3.05, 3.63) is 40.1 Å². The molecule has 1 aromatic carbocycles. The summed E-state index contributed by atoms with van der Waals surface area (Å²) < 4.78 is 1.75. The molecule has 0 aliphatic heterocycles. The molecule has 102 valence electrons. The van der Waals surface area contributed by atoms with Gasteiger partial charge in [-0.2, -0.15) is 0 Å². The number of aromatic nitrogens is 3. The number of hydrogen-bond acceptors (Lipinski definition) is 3. The Labute approximate surface area is 122 Å². The van der Waals surface area contributed by atoms with Gasteiger partial charge in [-0.05, 0) is 39.0 Å². The molecule has 1 aromatic heterocycles. The van der Waals surface area contributed by atoms with Crippen molar-refractivity contribution >= 4 is 23.2 Å². The molecular formula is C13H16Cl2N4. The minimum atomic E-state index is 0.0345. The highest BCUT2D eigenvalue weighted by atomic mass is 35.5. The summed E-state index contributed by atoms with van der Waals surface area (Å²) in [6.07, 6.45) is 1.74. The van der Waals surface area contributed by atoms with Crippen molar-refractivity contribution in [1.29, 1.82) is 0 Å². The zero-order valence-corrected chi connectivity index (χ0v) is 12.6. The van der Waals surface area contributed by atoms with Gasteiger partial charge in [0, 0.05) is 12.1 Å². The maximum absolute atomic E-state index is 6.02. The van der Waals surface area contributed by atoms with Crippen LogP contribution in [0.25, 0.3) is 5.69 Å². The van der Waals surface area contributed by atoms with E-state index in [0.717, 1.165) is 11.4 Å². The predicted molar refractivity (Wildman–Crippen MR) is 78.0 cm³/mol. The third-order valence-corrected chi connectivity index (χ3v) is 3.31. The van der Waals surface area contributed by atoms with Crippen LogP contribution >= 0.6 is 23.2 Å². The van der Waals surface area contributed by atoms with Gasteiger partial charge in [0.15, 0.2) is 0 Å². The molecule has 0 bridgehead atoms. The number of benzene rings is 1. The zero-order valence-electron chi connectivity index (χ0n) is 11.1. The summed E-state index contributed by atoms with van der Waals surface area (Å²) in [5, 5.41) is 12.5. The molecular weight excluding hydrogens is 283 g/mol. The minimum Gasteiger partial charge on any atom is -0.306 e. The van der Waals surface area contributed by atoms with Crippen LogP contribution in [-0.4, -0.2) is 20.5 Å². The largest absolute Gasteiger partial charge is 0.306 e. The Morgan fingerprint density at radius 1 is 1.21 bits per heavy atom. The van der Waals surface area contributed by atoms with Gasteiger partial charge in [0.05, 0.1) is 27.6 Å². The number of nitrogens with zero attached hydrogens (tertiary/aromatic N) is 3. The molecule has 6 heteroatoms. The molecule has 19 heavy (non-hydrogen) atoms. The van der Waals surface area contributed by atoms with E-state index in [9.17, 15) is 0 Å². The second-order valence-electron chi connectivity index (χ2n) is 5.34. The monoisotopic (exact) mass is 298 g/mol. The molecule has 0 saturated carbocycles. The first kappa shape index (κ1) is 14.3. The Morgan fingerprint density at radius 3 is 2.58 bits per heavy atom. The second kappa shape index (κ2) is 5.49. The number of halogens is 2. The normalized spacial score (nSPS) is 11.8. The van der Waals surface area contributed by atoms with Gasteiger partial charge in [0.2, 0.25) is 0 Å².